The number of hydrogen-bond donors (Lipinski definition) is 2. The molecular formula is C8H8F6N2. The highest BCUT2D eigenvalue weighted by Gasteiger charge is 2.37. The fourth-order valence-electron chi connectivity index (χ4n) is 0.689. The Morgan fingerprint density at radius 3 is 1.81 bits per heavy atom. The Morgan fingerprint density at radius 1 is 1.12 bits per heavy atom. The number of hydrogen-bond acceptors (Lipinski definition) is 2. The molecule has 0 aliphatic carbocycles. The van der Waals surface area contributed by atoms with Crippen LogP contribution in [0.2, 0.25) is 0 Å². The molecule has 0 aromatic carbocycles. The lowest BCUT2D eigenvalue weighted by molar-refractivity contribution is -0.0895. The van der Waals surface area contributed by atoms with Gasteiger partial charge in [0.2, 0.25) is 0 Å². The second-order valence-electron chi connectivity index (χ2n) is 2.70. The van der Waals surface area contributed by atoms with E-state index >= 15 is 0 Å². The van der Waals surface area contributed by atoms with Gasteiger partial charge in [0.15, 0.2) is 0 Å². The Bertz CT molecular complexity index is 322. The molecule has 0 heterocycles. The van der Waals surface area contributed by atoms with E-state index < -0.39 is 29.3 Å². The zero-order chi connectivity index (χ0) is 13.1. The van der Waals surface area contributed by atoms with Gasteiger partial charge in [-0.25, -0.2) is 0 Å². The lowest BCUT2D eigenvalue weighted by Gasteiger charge is -2.14. The molecule has 92 valence electrons. The third-order valence-electron chi connectivity index (χ3n) is 1.53. The third kappa shape index (κ3) is 3.95. The second kappa shape index (κ2) is 4.58. The van der Waals surface area contributed by atoms with Crippen LogP contribution in [0.1, 0.15) is 0 Å². The van der Waals surface area contributed by atoms with Crippen LogP contribution in [-0.2, 0) is 0 Å². The maximum atomic E-state index is 12.1. The van der Waals surface area contributed by atoms with Crippen molar-refractivity contribution >= 4 is 5.71 Å². The van der Waals surface area contributed by atoms with Crippen LogP contribution in [-0.4, -0.2) is 25.1 Å². The quantitative estimate of drug-likeness (QED) is 0.448. The molecule has 8 heteroatoms. The van der Waals surface area contributed by atoms with E-state index in [0.29, 0.717) is 0 Å². The van der Waals surface area contributed by atoms with Gasteiger partial charge < -0.3 is 5.32 Å². The van der Waals surface area contributed by atoms with Crippen molar-refractivity contribution in [2.45, 2.75) is 12.4 Å². The normalized spacial score (nSPS) is 13.6. The van der Waals surface area contributed by atoms with Crippen LogP contribution in [0.15, 0.2) is 23.9 Å². The zero-order valence-electron chi connectivity index (χ0n) is 8.05. The van der Waals surface area contributed by atoms with Crippen molar-refractivity contribution < 1.29 is 26.3 Å². The molecule has 0 radical (unpaired) electrons. The van der Waals surface area contributed by atoms with Gasteiger partial charge in [-0.3, -0.25) is 5.41 Å². The number of halogens is 6. The molecule has 0 saturated heterocycles. The van der Waals surface area contributed by atoms with Gasteiger partial charge in [0, 0.05) is 12.7 Å². The number of rotatable bonds is 3. The summed E-state index contributed by atoms with van der Waals surface area (Å²) in [6.45, 7) is 2.61. The van der Waals surface area contributed by atoms with Crippen LogP contribution < -0.4 is 5.32 Å². The number of allylic oxidation sites excluding steroid dienone is 2. The molecule has 0 rings (SSSR count). The second-order valence-corrected chi connectivity index (χ2v) is 2.70. The summed E-state index contributed by atoms with van der Waals surface area (Å²) in [7, 11) is 1.01. The number of nitrogens with one attached hydrogen (secondary N) is 2. The SMILES string of the molecule is C=C(/C(=C/C(=N)C(F)(F)F)NC)C(F)(F)F. The van der Waals surface area contributed by atoms with Gasteiger partial charge in [0.05, 0.1) is 5.57 Å². The Kier molecular flexibility index (Phi) is 4.16. The molecule has 2 N–H and O–H groups in total. The predicted octanol–water partition coefficient (Wildman–Crippen LogP) is 2.79. The fraction of sp³-hybridized carbons (Fsp3) is 0.375. The molecule has 0 saturated carbocycles. The van der Waals surface area contributed by atoms with Crippen molar-refractivity contribution in [3.05, 3.63) is 23.9 Å². The minimum atomic E-state index is -4.99. The van der Waals surface area contributed by atoms with Gasteiger partial charge in [-0.1, -0.05) is 6.58 Å². The first-order valence-corrected chi connectivity index (χ1v) is 3.81. The minimum Gasteiger partial charge on any atom is -0.388 e. The molecule has 0 aromatic rings. The maximum absolute atomic E-state index is 12.1. The van der Waals surface area contributed by atoms with E-state index in [0.717, 1.165) is 7.05 Å². The first-order chi connectivity index (χ1) is 7.00. The summed E-state index contributed by atoms with van der Waals surface area (Å²) >= 11 is 0. The largest absolute Gasteiger partial charge is 0.432 e. The zero-order valence-corrected chi connectivity index (χ0v) is 8.05. The Morgan fingerprint density at radius 2 is 1.56 bits per heavy atom. The summed E-state index contributed by atoms with van der Waals surface area (Å²) in [4.78, 5) is 0. The molecule has 0 amide bonds. The summed E-state index contributed by atoms with van der Waals surface area (Å²) in [6.07, 6.45) is -9.80. The Balaban J connectivity index is 5.11. The highest BCUT2D eigenvalue weighted by molar-refractivity contribution is 5.97. The van der Waals surface area contributed by atoms with Crippen molar-refractivity contribution in [2.24, 2.45) is 0 Å². The van der Waals surface area contributed by atoms with Crippen molar-refractivity contribution in [3.8, 4) is 0 Å². The van der Waals surface area contributed by atoms with Crippen molar-refractivity contribution in [1.82, 2.24) is 5.32 Å². The van der Waals surface area contributed by atoms with Gasteiger partial charge >= 0.3 is 12.4 Å². The van der Waals surface area contributed by atoms with E-state index in [1.54, 1.807) is 0 Å². The van der Waals surface area contributed by atoms with Crippen molar-refractivity contribution in [2.75, 3.05) is 7.05 Å². The monoisotopic (exact) mass is 246 g/mol. The van der Waals surface area contributed by atoms with Crippen molar-refractivity contribution in [1.29, 1.82) is 5.41 Å². The smallest absolute Gasteiger partial charge is 0.388 e. The van der Waals surface area contributed by atoms with Gasteiger partial charge in [-0.05, 0) is 6.08 Å². The Hall–Kier alpha value is -1.47. The molecule has 0 aliphatic rings. The lowest BCUT2D eigenvalue weighted by atomic mass is 10.1. The number of alkyl halides is 6. The Labute approximate surface area is 87.1 Å². The summed E-state index contributed by atoms with van der Waals surface area (Å²) in [5.74, 6) is 0. The van der Waals surface area contributed by atoms with E-state index in [1.807, 2.05) is 5.32 Å². The van der Waals surface area contributed by atoms with Gasteiger partial charge in [-0.15, -0.1) is 0 Å². The summed E-state index contributed by atoms with van der Waals surface area (Å²) < 4.78 is 72.0. The molecular weight excluding hydrogens is 238 g/mol. The average Bonchev–Trinajstić information content (AvgIpc) is 2.09. The van der Waals surface area contributed by atoms with E-state index in [4.69, 9.17) is 5.41 Å². The standard InChI is InChI=1S/C8H8F6N2/c1-4(7(9,10)11)5(16-2)3-6(15)8(12,13)14/h3,15-16H,1H2,2H3/b5-3-,15-6?. The van der Waals surface area contributed by atoms with Crippen LogP contribution in [0.4, 0.5) is 26.3 Å². The van der Waals surface area contributed by atoms with Crippen molar-refractivity contribution in [3.63, 3.8) is 0 Å². The predicted molar refractivity (Wildman–Crippen MR) is 46.1 cm³/mol. The van der Waals surface area contributed by atoms with Gasteiger partial charge in [0.25, 0.3) is 0 Å². The minimum absolute atomic E-state index is 0.0375. The first-order valence-electron chi connectivity index (χ1n) is 3.81. The summed E-state index contributed by atoms with van der Waals surface area (Å²) in [5.41, 5.74) is -4.25. The summed E-state index contributed by atoms with van der Waals surface area (Å²) in [6, 6.07) is 0. The molecule has 0 unspecified atom stereocenters. The third-order valence-corrected chi connectivity index (χ3v) is 1.53. The van der Waals surface area contributed by atoms with Crippen LogP contribution >= 0.6 is 0 Å². The van der Waals surface area contributed by atoms with Gasteiger partial charge in [-0.2, -0.15) is 26.3 Å². The molecule has 2 nitrogen and oxygen atoms in total. The molecule has 0 aromatic heterocycles. The first kappa shape index (κ1) is 14.5. The van der Waals surface area contributed by atoms with E-state index in [9.17, 15) is 26.3 Å². The van der Waals surface area contributed by atoms with Gasteiger partial charge in [0.1, 0.15) is 5.71 Å². The molecule has 0 spiro atoms. The van der Waals surface area contributed by atoms with Crippen LogP contribution in [0.25, 0.3) is 0 Å². The van der Waals surface area contributed by atoms with E-state index in [1.165, 1.54) is 0 Å². The number of likely N-dealkylation sites (N-methyl/N-ethyl adjacent to an activating group) is 1. The van der Waals surface area contributed by atoms with Crippen LogP contribution in [0.3, 0.4) is 0 Å². The maximum Gasteiger partial charge on any atom is 0.432 e. The van der Waals surface area contributed by atoms with E-state index in [2.05, 4.69) is 6.58 Å². The molecule has 0 fully saturated rings. The molecule has 0 aliphatic heterocycles. The fourth-order valence-corrected chi connectivity index (χ4v) is 0.689. The highest BCUT2D eigenvalue weighted by atomic mass is 19.4. The average molecular weight is 246 g/mol. The molecule has 16 heavy (non-hydrogen) atoms. The summed E-state index contributed by atoms with van der Waals surface area (Å²) in [5, 5.41) is 8.43. The molecule has 0 atom stereocenters. The van der Waals surface area contributed by atoms with Crippen LogP contribution in [0.5, 0.6) is 0 Å². The van der Waals surface area contributed by atoms with Crippen LogP contribution in [0, 0.1) is 5.41 Å². The topological polar surface area (TPSA) is 35.9 Å². The lowest BCUT2D eigenvalue weighted by Crippen LogP contribution is -2.25. The van der Waals surface area contributed by atoms with E-state index in [-0.39, 0.29) is 6.08 Å². The highest BCUT2D eigenvalue weighted by Crippen LogP contribution is 2.29. The molecule has 0 bridgehead atoms.